The average Bonchev–Trinajstić information content (AvgIpc) is 2.97. The number of amides is 1. The zero-order valence-electron chi connectivity index (χ0n) is 12.1. The fourth-order valence-corrected chi connectivity index (χ4v) is 2.67. The number of H-pyrrole nitrogens is 1. The van der Waals surface area contributed by atoms with Crippen molar-refractivity contribution in [1.29, 1.82) is 0 Å². The maximum atomic E-state index is 12.1. The van der Waals surface area contributed by atoms with E-state index in [0.717, 1.165) is 0 Å². The summed E-state index contributed by atoms with van der Waals surface area (Å²) in [6, 6.07) is 4.84. The number of furan rings is 1. The number of nitrogens with one attached hydrogen (secondary N) is 2. The van der Waals surface area contributed by atoms with E-state index in [9.17, 15) is 14.4 Å². The van der Waals surface area contributed by atoms with Gasteiger partial charge in [-0.1, -0.05) is 6.92 Å². The lowest BCUT2D eigenvalue weighted by Gasteiger charge is -2.20. The summed E-state index contributed by atoms with van der Waals surface area (Å²) in [5.74, 6) is 0.235. The second-order valence-electron chi connectivity index (χ2n) is 5.60. The monoisotopic (exact) mass is 300 g/mol. The Kier molecular flexibility index (Phi) is 3.66. The van der Waals surface area contributed by atoms with Gasteiger partial charge < -0.3 is 14.7 Å². The van der Waals surface area contributed by atoms with Crippen molar-refractivity contribution in [3.05, 3.63) is 57.4 Å². The van der Waals surface area contributed by atoms with Gasteiger partial charge in [-0.25, -0.2) is 0 Å². The average molecular weight is 300 g/mol. The molecule has 3 rings (SSSR count). The molecule has 1 amide bonds. The topological polar surface area (TPSA) is 92.2 Å². The zero-order valence-corrected chi connectivity index (χ0v) is 12.1. The van der Waals surface area contributed by atoms with Crippen molar-refractivity contribution in [2.45, 2.75) is 26.3 Å². The molecule has 2 N–H and O–H groups in total. The van der Waals surface area contributed by atoms with Crippen molar-refractivity contribution in [2.75, 3.05) is 0 Å². The molecule has 114 valence electrons. The molecular weight excluding hydrogens is 284 g/mol. The Bertz CT molecular complexity index is 774. The molecule has 0 saturated carbocycles. The van der Waals surface area contributed by atoms with E-state index in [1.54, 1.807) is 12.1 Å². The predicted octanol–water partition coefficient (Wildman–Crippen LogP) is 1.66. The zero-order chi connectivity index (χ0) is 15.7. The van der Waals surface area contributed by atoms with Crippen LogP contribution in [0.15, 0.2) is 33.7 Å². The molecule has 6 nitrogen and oxygen atoms in total. The van der Waals surface area contributed by atoms with Crippen molar-refractivity contribution in [2.24, 2.45) is 5.92 Å². The number of aromatic nitrogens is 1. The highest BCUT2D eigenvalue weighted by atomic mass is 16.3. The van der Waals surface area contributed by atoms with Crippen molar-refractivity contribution in [3.8, 4) is 0 Å². The van der Waals surface area contributed by atoms with Crippen LogP contribution in [0.25, 0.3) is 0 Å². The summed E-state index contributed by atoms with van der Waals surface area (Å²) < 4.78 is 5.11. The Morgan fingerprint density at radius 2 is 2.23 bits per heavy atom. The Hall–Kier alpha value is -2.63. The lowest BCUT2D eigenvalue weighted by atomic mass is 9.86. The van der Waals surface area contributed by atoms with E-state index in [4.69, 9.17) is 4.42 Å². The number of carbonyl (C=O) groups is 2. The molecule has 0 bridgehead atoms. The van der Waals surface area contributed by atoms with Gasteiger partial charge in [-0.05, 0) is 30.5 Å². The number of hydrogen-bond acceptors (Lipinski definition) is 4. The van der Waals surface area contributed by atoms with Gasteiger partial charge in [0.05, 0.1) is 12.8 Å². The van der Waals surface area contributed by atoms with Crippen LogP contribution >= 0.6 is 0 Å². The molecule has 0 aliphatic heterocycles. The van der Waals surface area contributed by atoms with E-state index >= 15 is 0 Å². The molecule has 0 aromatic carbocycles. The standard InChI is InChI=1S/C16H16N2O4/c1-9-5-13-11(14(19)6-9)7-12(16(21)18-13)15(20)17-8-10-3-2-4-22-10/h2-4,7,9H,5-6,8H2,1H3,(H,17,20)(H,18,21)/t9-/m1/s1. The largest absolute Gasteiger partial charge is 0.467 e. The van der Waals surface area contributed by atoms with Gasteiger partial charge in [-0.2, -0.15) is 0 Å². The fourth-order valence-electron chi connectivity index (χ4n) is 2.67. The van der Waals surface area contributed by atoms with E-state index in [1.165, 1.54) is 12.3 Å². The van der Waals surface area contributed by atoms with Crippen LogP contribution in [0.1, 0.15) is 45.5 Å². The molecule has 0 radical (unpaired) electrons. The number of hydrogen-bond donors (Lipinski definition) is 2. The first kappa shape index (κ1) is 14.3. The number of fused-ring (bicyclic) bond motifs is 1. The van der Waals surface area contributed by atoms with E-state index in [0.29, 0.717) is 29.9 Å². The Morgan fingerprint density at radius 3 is 2.95 bits per heavy atom. The summed E-state index contributed by atoms with van der Waals surface area (Å²) in [5.41, 5.74) is 0.544. The quantitative estimate of drug-likeness (QED) is 0.901. The fraction of sp³-hybridized carbons (Fsp3) is 0.312. The van der Waals surface area contributed by atoms with Gasteiger partial charge in [0.2, 0.25) is 0 Å². The van der Waals surface area contributed by atoms with Crippen molar-refractivity contribution < 1.29 is 14.0 Å². The lowest BCUT2D eigenvalue weighted by Crippen LogP contribution is -2.32. The third-order valence-electron chi connectivity index (χ3n) is 3.76. The van der Waals surface area contributed by atoms with Gasteiger partial charge in [0.25, 0.3) is 11.5 Å². The van der Waals surface area contributed by atoms with Gasteiger partial charge in [0.1, 0.15) is 11.3 Å². The third kappa shape index (κ3) is 2.72. The SMILES string of the molecule is C[C@H]1CC(=O)c2cc(C(=O)NCc3ccco3)c(=O)[nH]c2C1. The minimum absolute atomic E-state index is 0.0370. The van der Waals surface area contributed by atoms with Crippen LogP contribution in [0.4, 0.5) is 0 Å². The molecule has 0 unspecified atom stereocenters. The van der Waals surface area contributed by atoms with Crippen LogP contribution in [0.5, 0.6) is 0 Å². The van der Waals surface area contributed by atoms with Gasteiger partial charge in [-0.15, -0.1) is 0 Å². The number of rotatable bonds is 3. The second-order valence-corrected chi connectivity index (χ2v) is 5.60. The molecule has 22 heavy (non-hydrogen) atoms. The van der Waals surface area contributed by atoms with E-state index in [2.05, 4.69) is 10.3 Å². The van der Waals surface area contributed by atoms with E-state index in [-0.39, 0.29) is 23.8 Å². The molecule has 1 aliphatic carbocycles. The highest BCUT2D eigenvalue weighted by Gasteiger charge is 2.25. The first-order valence-corrected chi connectivity index (χ1v) is 7.14. The minimum Gasteiger partial charge on any atom is -0.467 e. The molecular formula is C16H16N2O4. The Morgan fingerprint density at radius 1 is 1.41 bits per heavy atom. The highest BCUT2D eigenvalue weighted by Crippen LogP contribution is 2.23. The Labute approximate surface area is 126 Å². The van der Waals surface area contributed by atoms with Crippen LogP contribution < -0.4 is 10.9 Å². The number of aromatic amines is 1. The van der Waals surface area contributed by atoms with Crippen LogP contribution in [-0.4, -0.2) is 16.7 Å². The van der Waals surface area contributed by atoms with Crippen LogP contribution in [0.2, 0.25) is 0 Å². The summed E-state index contributed by atoms with van der Waals surface area (Å²) in [4.78, 5) is 38.9. The summed E-state index contributed by atoms with van der Waals surface area (Å²) >= 11 is 0. The van der Waals surface area contributed by atoms with Crippen LogP contribution in [0.3, 0.4) is 0 Å². The van der Waals surface area contributed by atoms with Crippen LogP contribution in [-0.2, 0) is 13.0 Å². The molecule has 2 heterocycles. The molecule has 1 aliphatic rings. The van der Waals surface area contributed by atoms with E-state index in [1.807, 2.05) is 6.92 Å². The number of pyridine rings is 1. The van der Waals surface area contributed by atoms with Crippen molar-refractivity contribution >= 4 is 11.7 Å². The minimum atomic E-state index is -0.521. The third-order valence-corrected chi connectivity index (χ3v) is 3.76. The molecule has 2 aromatic heterocycles. The van der Waals surface area contributed by atoms with Crippen molar-refractivity contribution in [3.63, 3.8) is 0 Å². The Balaban J connectivity index is 1.85. The summed E-state index contributed by atoms with van der Waals surface area (Å²) in [7, 11) is 0. The van der Waals surface area contributed by atoms with Gasteiger partial charge in [0.15, 0.2) is 5.78 Å². The molecule has 6 heteroatoms. The lowest BCUT2D eigenvalue weighted by molar-refractivity contribution is 0.0946. The van der Waals surface area contributed by atoms with Gasteiger partial charge in [0, 0.05) is 17.7 Å². The van der Waals surface area contributed by atoms with Gasteiger partial charge >= 0.3 is 0 Å². The maximum Gasteiger partial charge on any atom is 0.261 e. The number of carbonyl (C=O) groups excluding carboxylic acids is 2. The van der Waals surface area contributed by atoms with E-state index < -0.39 is 11.5 Å². The smallest absolute Gasteiger partial charge is 0.261 e. The van der Waals surface area contributed by atoms with Crippen LogP contribution in [0, 0.1) is 5.92 Å². The summed E-state index contributed by atoms with van der Waals surface area (Å²) in [5, 5.41) is 2.61. The molecule has 1 atom stereocenters. The molecule has 0 spiro atoms. The summed E-state index contributed by atoms with van der Waals surface area (Å²) in [6.07, 6.45) is 2.59. The first-order chi connectivity index (χ1) is 10.5. The maximum absolute atomic E-state index is 12.1. The number of ketones is 1. The van der Waals surface area contributed by atoms with Gasteiger partial charge in [-0.3, -0.25) is 14.4 Å². The number of Topliss-reactive ketones (excluding diaryl/α,β-unsaturated/α-hetero) is 1. The highest BCUT2D eigenvalue weighted by molar-refractivity contribution is 6.01. The first-order valence-electron chi connectivity index (χ1n) is 7.14. The summed E-state index contributed by atoms with van der Waals surface area (Å²) in [6.45, 7) is 2.15. The second kappa shape index (κ2) is 5.63. The normalized spacial score (nSPS) is 17.1. The molecule has 0 saturated heterocycles. The predicted molar refractivity (Wildman–Crippen MR) is 78.8 cm³/mol. The van der Waals surface area contributed by atoms with Crippen molar-refractivity contribution in [1.82, 2.24) is 10.3 Å². The molecule has 2 aromatic rings. The molecule has 0 fully saturated rings.